The topological polar surface area (TPSA) is 12.0 Å². The van der Waals surface area contributed by atoms with Crippen LogP contribution in [0.25, 0.3) is 0 Å². The quantitative estimate of drug-likeness (QED) is 0.525. The molecule has 0 aliphatic carbocycles. The van der Waals surface area contributed by atoms with E-state index in [2.05, 4.69) is 24.0 Å². The van der Waals surface area contributed by atoms with Crippen LogP contribution in [-0.2, 0) is 0 Å². The van der Waals surface area contributed by atoms with Crippen LogP contribution in [0.2, 0.25) is 6.55 Å². The van der Waals surface area contributed by atoms with Crippen LogP contribution >= 0.6 is 0 Å². The Bertz CT molecular complexity index is 168. The molecule has 1 nitrogen and oxygen atoms in total. The summed E-state index contributed by atoms with van der Waals surface area (Å²) in [5, 5.41) is 4.61. The monoisotopic (exact) mass is 137 g/mol. The molecule has 0 bridgehead atoms. The molecule has 0 aromatic carbocycles. The van der Waals surface area contributed by atoms with Crippen molar-refractivity contribution in [1.82, 2.24) is 5.32 Å². The maximum Gasteiger partial charge on any atom is 0.0723 e. The van der Waals surface area contributed by atoms with E-state index in [-0.39, 0.29) is 9.52 Å². The Labute approximate surface area is 58.0 Å². The van der Waals surface area contributed by atoms with Gasteiger partial charge in [0.15, 0.2) is 0 Å². The highest BCUT2D eigenvalue weighted by Crippen LogP contribution is 1.92. The van der Waals surface area contributed by atoms with Gasteiger partial charge in [0.25, 0.3) is 0 Å². The number of allylic oxidation sites excluding steroid dienone is 4. The van der Waals surface area contributed by atoms with Gasteiger partial charge >= 0.3 is 0 Å². The molecular formula is C7H11NSi. The van der Waals surface area contributed by atoms with Crippen molar-refractivity contribution in [2.45, 2.75) is 6.55 Å². The van der Waals surface area contributed by atoms with Gasteiger partial charge in [0.05, 0.1) is 9.52 Å². The highest BCUT2D eigenvalue weighted by Gasteiger charge is 1.87. The van der Waals surface area contributed by atoms with E-state index in [1.54, 1.807) is 0 Å². The number of hydrogen-bond acceptors (Lipinski definition) is 1. The van der Waals surface area contributed by atoms with Gasteiger partial charge in [-0.05, 0) is 17.5 Å². The minimum Gasteiger partial charge on any atom is -0.369 e. The first-order chi connectivity index (χ1) is 4.43. The fourth-order valence-electron chi connectivity index (χ4n) is 0.715. The predicted molar refractivity (Wildman–Crippen MR) is 43.9 cm³/mol. The lowest BCUT2D eigenvalue weighted by Crippen LogP contribution is -2.07. The number of rotatable bonds is 1. The van der Waals surface area contributed by atoms with Gasteiger partial charge in [0.2, 0.25) is 0 Å². The highest BCUT2D eigenvalue weighted by molar-refractivity contribution is 6.43. The van der Waals surface area contributed by atoms with Crippen molar-refractivity contribution in [2.75, 3.05) is 0 Å². The molecule has 0 aromatic rings. The van der Waals surface area contributed by atoms with E-state index in [0.717, 1.165) is 0 Å². The maximum absolute atomic E-state index is 3.21. The molecule has 1 heterocycles. The smallest absolute Gasteiger partial charge is 0.0723 e. The van der Waals surface area contributed by atoms with Crippen LogP contribution in [0.15, 0.2) is 35.8 Å². The fraction of sp³-hybridized carbons (Fsp3) is 0.143. The maximum atomic E-state index is 3.21. The van der Waals surface area contributed by atoms with Gasteiger partial charge < -0.3 is 5.32 Å². The molecule has 0 saturated heterocycles. The van der Waals surface area contributed by atoms with Crippen LogP contribution in [0.3, 0.4) is 0 Å². The molecule has 0 saturated carbocycles. The SMILES string of the molecule is C[SiH2]C1=CC=CC=CN1. The Morgan fingerprint density at radius 3 is 3.00 bits per heavy atom. The van der Waals surface area contributed by atoms with Gasteiger partial charge in [0, 0.05) is 6.20 Å². The van der Waals surface area contributed by atoms with Gasteiger partial charge in [-0.15, -0.1) is 0 Å². The third-order valence-corrected chi connectivity index (χ3v) is 2.47. The van der Waals surface area contributed by atoms with Crippen molar-refractivity contribution in [3.05, 3.63) is 35.8 Å². The van der Waals surface area contributed by atoms with Crippen molar-refractivity contribution < 1.29 is 0 Å². The van der Waals surface area contributed by atoms with Crippen LogP contribution in [0.4, 0.5) is 0 Å². The van der Waals surface area contributed by atoms with Crippen LogP contribution < -0.4 is 5.32 Å². The summed E-state index contributed by atoms with van der Waals surface area (Å²) in [6, 6.07) is 0. The van der Waals surface area contributed by atoms with Crippen LogP contribution in [0, 0.1) is 0 Å². The van der Waals surface area contributed by atoms with Crippen LogP contribution in [0.5, 0.6) is 0 Å². The summed E-state index contributed by atoms with van der Waals surface area (Å²) in [4.78, 5) is 0. The van der Waals surface area contributed by atoms with E-state index in [1.807, 2.05) is 18.4 Å². The van der Waals surface area contributed by atoms with E-state index in [0.29, 0.717) is 0 Å². The van der Waals surface area contributed by atoms with Crippen molar-refractivity contribution in [3.63, 3.8) is 0 Å². The van der Waals surface area contributed by atoms with Crippen molar-refractivity contribution in [2.24, 2.45) is 0 Å². The van der Waals surface area contributed by atoms with Crippen LogP contribution in [0.1, 0.15) is 0 Å². The Morgan fingerprint density at radius 1 is 1.33 bits per heavy atom. The lowest BCUT2D eigenvalue weighted by Gasteiger charge is -1.98. The fourth-order valence-corrected chi connectivity index (χ4v) is 1.41. The lowest BCUT2D eigenvalue weighted by atomic mass is 10.5. The molecule has 1 aliphatic rings. The lowest BCUT2D eigenvalue weighted by molar-refractivity contribution is 1.16. The van der Waals surface area contributed by atoms with Gasteiger partial charge in [-0.3, -0.25) is 0 Å². The van der Waals surface area contributed by atoms with Gasteiger partial charge in [-0.2, -0.15) is 0 Å². The summed E-state index contributed by atoms with van der Waals surface area (Å²) < 4.78 is 0. The average molecular weight is 137 g/mol. The van der Waals surface area contributed by atoms with Crippen molar-refractivity contribution >= 4 is 9.52 Å². The summed E-state index contributed by atoms with van der Waals surface area (Å²) >= 11 is 0. The van der Waals surface area contributed by atoms with E-state index >= 15 is 0 Å². The third-order valence-electron chi connectivity index (χ3n) is 1.27. The Kier molecular flexibility index (Phi) is 2.33. The minimum atomic E-state index is -0.00651. The first kappa shape index (κ1) is 6.36. The molecule has 1 rings (SSSR count). The van der Waals surface area contributed by atoms with E-state index in [9.17, 15) is 0 Å². The molecule has 9 heavy (non-hydrogen) atoms. The second-order valence-corrected chi connectivity index (χ2v) is 3.40. The molecule has 0 spiro atoms. The van der Waals surface area contributed by atoms with Crippen LogP contribution in [-0.4, -0.2) is 9.52 Å². The molecule has 0 unspecified atom stereocenters. The van der Waals surface area contributed by atoms with Crippen molar-refractivity contribution in [3.8, 4) is 0 Å². The molecule has 0 amide bonds. The summed E-state index contributed by atoms with van der Waals surface area (Å²) in [7, 11) is -0.00651. The first-order valence-electron chi connectivity index (χ1n) is 3.22. The molecule has 0 atom stereocenters. The summed E-state index contributed by atoms with van der Waals surface area (Å²) in [6.07, 6.45) is 10.2. The second kappa shape index (κ2) is 3.30. The molecule has 0 aromatic heterocycles. The van der Waals surface area contributed by atoms with E-state index in [1.165, 1.54) is 5.32 Å². The normalized spacial score (nSPS) is 17.7. The summed E-state index contributed by atoms with van der Waals surface area (Å²) in [6.45, 7) is 2.27. The zero-order valence-corrected chi connectivity index (χ0v) is 7.01. The molecule has 0 radical (unpaired) electrons. The second-order valence-electron chi connectivity index (χ2n) is 1.93. The van der Waals surface area contributed by atoms with Crippen molar-refractivity contribution in [1.29, 1.82) is 0 Å². The highest BCUT2D eigenvalue weighted by atomic mass is 28.2. The Morgan fingerprint density at radius 2 is 2.22 bits per heavy atom. The summed E-state index contributed by atoms with van der Waals surface area (Å²) in [5.41, 5.74) is 0. The Hall–Kier alpha value is -0.763. The average Bonchev–Trinajstić information content (AvgIpc) is 2.13. The largest absolute Gasteiger partial charge is 0.369 e. The predicted octanol–water partition coefficient (Wildman–Crippen LogP) is 0.718. The zero-order chi connectivity index (χ0) is 6.53. The number of hydrogen-bond donors (Lipinski definition) is 1. The molecule has 1 aliphatic heterocycles. The first-order valence-corrected chi connectivity index (χ1v) is 5.34. The molecular weight excluding hydrogens is 126 g/mol. The van der Waals surface area contributed by atoms with Gasteiger partial charge in [-0.25, -0.2) is 0 Å². The van der Waals surface area contributed by atoms with E-state index in [4.69, 9.17) is 0 Å². The van der Waals surface area contributed by atoms with Gasteiger partial charge in [-0.1, -0.05) is 18.7 Å². The zero-order valence-electron chi connectivity index (χ0n) is 5.59. The third kappa shape index (κ3) is 1.89. The molecule has 0 fully saturated rings. The minimum absolute atomic E-state index is 0.00651. The molecule has 48 valence electrons. The summed E-state index contributed by atoms with van der Waals surface area (Å²) in [5.74, 6) is 0. The standard InChI is InChI=1S/C7H11NSi/c1-9-7-5-3-2-4-6-8-7/h2-6,8H,9H2,1H3. The molecule has 2 heteroatoms. The van der Waals surface area contributed by atoms with Gasteiger partial charge in [0.1, 0.15) is 0 Å². The molecule has 1 N–H and O–H groups in total. The van der Waals surface area contributed by atoms with E-state index < -0.39 is 0 Å². The Balaban J connectivity index is 2.62. The number of nitrogens with one attached hydrogen (secondary N) is 1.